The summed E-state index contributed by atoms with van der Waals surface area (Å²) in [5.41, 5.74) is -0.0559. The van der Waals surface area contributed by atoms with Crippen molar-refractivity contribution in [3.63, 3.8) is 0 Å². The number of oxazole rings is 1. The molecule has 0 amide bonds. The van der Waals surface area contributed by atoms with Gasteiger partial charge in [0.1, 0.15) is 17.6 Å². The van der Waals surface area contributed by atoms with Crippen LogP contribution in [0.4, 0.5) is 0 Å². The Hall–Kier alpha value is -2.21. The summed E-state index contributed by atoms with van der Waals surface area (Å²) in [6.07, 6.45) is 1.74. The summed E-state index contributed by atoms with van der Waals surface area (Å²) in [7, 11) is 1.72. The van der Waals surface area contributed by atoms with E-state index in [1.165, 1.54) is 0 Å². The molecule has 0 aliphatic rings. The van der Waals surface area contributed by atoms with Crippen LogP contribution in [0.1, 0.15) is 39.3 Å². The van der Waals surface area contributed by atoms with Crippen molar-refractivity contribution in [1.82, 2.24) is 15.6 Å². The molecular formula is C19H27ClN4O2. The molecule has 1 unspecified atom stereocenters. The van der Waals surface area contributed by atoms with Gasteiger partial charge in [-0.05, 0) is 31.2 Å². The fourth-order valence-electron chi connectivity index (χ4n) is 2.15. The van der Waals surface area contributed by atoms with Crippen molar-refractivity contribution in [1.29, 1.82) is 0 Å². The highest BCUT2D eigenvalue weighted by Gasteiger charge is 2.19. The predicted octanol–water partition coefficient (Wildman–Crippen LogP) is 3.76. The number of ether oxygens (including phenoxy) is 1. The van der Waals surface area contributed by atoms with Crippen molar-refractivity contribution >= 4 is 17.6 Å². The molecule has 0 radical (unpaired) electrons. The molecule has 2 aromatic rings. The molecule has 0 aliphatic carbocycles. The second-order valence-electron chi connectivity index (χ2n) is 7.06. The SMILES string of the molecule is CN=C(NCc1ncc(C(C)(C)C)o1)NCC(C)Oc1ccc(Cl)cc1. The molecule has 0 saturated heterocycles. The summed E-state index contributed by atoms with van der Waals surface area (Å²) in [6, 6.07) is 7.31. The molecule has 2 rings (SSSR count). The van der Waals surface area contributed by atoms with Crippen molar-refractivity contribution in [3.05, 3.63) is 47.1 Å². The number of guanidine groups is 1. The highest BCUT2D eigenvalue weighted by Crippen LogP contribution is 2.22. The van der Waals surface area contributed by atoms with Gasteiger partial charge in [-0.3, -0.25) is 4.99 Å². The maximum Gasteiger partial charge on any atom is 0.213 e. The second kappa shape index (κ2) is 8.94. The fraction of sp³-hybridized carbons (Fsp3) is 0.474. The number of aromatic nitrogens is 1. The molecule has 0 fully saturated rings. The molecule has 0 saturated carbocycles. The highest BCUT2D eigenvalue weighted by atomic mass is 35.5. The van der Waals surface area contributed by atoms with Crippen LogP contribution in [0.2, 0.25) is 5.02 Å². The average molecular weight is 379 g/mol. The molecule has 0 aliphatic heterocycles. The minimum atomic E-state index is -0.0559. The van der Waals surface area contributed by atoms with E-state index >= 15 is 0 Å². The first kappa shape index (κ1) is 20.1. The van der Waals surface area contributed by atoms with Gasteiger partial charge in [0.25, 0.3) is 0 Å². The molecule has 26 heavy (non-hydrogen) atoms. The Kier molecular flexibility index (Phi) is 6.91. The summed E-state index contributed by atoms with van der Waals surface area (Å²) in [5, 5.41) is 7.10. The van der Waals surface area contributed by atoms with Gasteiger partial charge in [0.2, 0.25) is 5.89 Å². The first-order chi connectivity index (χ1) is 12.3. The van der Waals surface area contributed by atoms with Gasteiger partial charge in [0.05, 0.1) is 19.3 Å². The van der Waals surface area contributed by atoms with Crippen LogP contribution in [0.15, 0.2) is 39.9 Å². The van der Waals surface area contributed by atoms with Crippen LogP contribution in [0.3, 0.4) is 0 Å². The Labute approximate surface area is 160 Å². The lowest BCUT2D eigenvalue weighted by molar-refractivity contribution is 0.224. The van der Waals surface area contributed by atoms with Crippen LogP contribution in [0, 0.1) is 0 Å². The number of benzene rings is 1. The van der Waals surface area contributed by atoms with Gasteiger partial charge in [-0.2, -0.15) is 0 Å². The van der Waals surface area contributed by atoms with Crippen LogP contribution in [0.25, 0.3) is 0 Å². The van der Waals surface area contributed by atoms with E-state index in [1.54, 1.807) is 25.4 Å². The van der Waals surface area contributed by atoms with E-state index in [0.29, 0.717) is 30.0 Å². The molecule has 2 N–H and O–H groups in total. The number of aliphatic imine (C=N–C) groups is 1. The number of halogens is 1. The van der Waals surface area contributed by atoms with Crippen molar-refractivity contribution in [2.75, 3.05) is 13.6 Å². The Balaban J connectivity index is 1.78. The molecule has 1 heterocycles. The Morgan fingerprint density at radius 2 is 1.96 bits per heavy atom. The molecule has 0 bridgehead atoms. The summed E-state index contributed by atoms with van der Waals surface area (Å²) in [5.74, 6) is 2.93. The smallest absolute Gasteiger partial charge is 0.213 e. The number of hydrogen-bond acceptors (Lipinski definition) is 4. The van der Waals surface area contributed by atoms with Gasteiger partial charge in [0.15, 0.2) is 5.96 Å². The molecule has 0 spiro atoms. The predicted molar refractivity (Wildman–Crippen MR) is 105 cm³/mol. The zero-order valence-electron chi connectivity index (χ0n) is 16.0. The maximum absolute atomic E-state index is 5.88. The first-order valence-corrected chi connectivity index (χ1v) is 8.97. The van der Waals surface area contributed by atoms with Crippen molar-refractivity contribution in [2.24, 2.45) is 4.99 Å². The number of hydrogen-bond donors (Lipinski definition) is 2. The van der Waals surface area contributed by atoms with E-state index in [0.717, 1.165) is 11.5 Å². The van der Waals surface area contributed by atoms with Gasteiger partial charge in [-0.15, -0.1) is 0 Å². The van der Waals surface area contributed by atoms with E-state index in [1.807, 2.05) is 19.1 Å². The minimum Gasteiger partial charge on any atom is -0.489 e. The highest BCUT2D eigenvalue weighted by molar-refractivity contribution is 6.30. The van der Waals surface area contributed by atoms with E-state index < -0.39 is 0 Å². The lowest BCUT2D eigenvalue weighted by Crippen LogP contribution is -2.41. The monoisotopic (exact) mass is 378 g/mol. The van der Waals surface area contributed by atoms with Crippen molar-refractivity contribution < 1.29 is 9.15 Å². The van der Waals surface area contributed by atoms with E-state index in [9.17, 15) is 0 Å². The number of nitrogens with zero attached hydrogens (tertiary/aromatic N) is 2. The molecular weight excluding hydrogens is 352 g/mol. The molecule has 1 aromatic heterocycles. The van der Waals surface area contributed by atoms with Gasteiger partial charge < -0.3 is 19.8 Å². The molecule has 7 heteroatoms. The van der Waals surface area contributed by atoms with E-state index in [-0.39, 0.29) is 11.5 Å². The first-order valence-electron chi connectivity index (χ1n) is 8.60. The van der Waals surface area contributed by atoms with Crippen LogP contribution in [-0.4, -0.2) is 30.6 Å². The molecule has 142 valence electrons. The maximum atomic E-state index is 5.88. The molecule has 1 aromatic carbocycles. The third-order valence-corrected chi connectivity index (χ3v) is 3.88. The Bertz CT molecular complexity index is 720. The van der Waals surface area contributed by atoms with Crippen LogP contribution in [-0.2, 0) is 12.0 Å². The summed E-state index contributed by atoms with van der Waals surface area (Å²) in [6.45, 7) is 9.32. The lowest BCUT2D eigenvalue weighted by atomic mass is 9.94. The van der Waals surface area contributed by atoms with Gasteiger partial charge in [0, 0.05) is 17.5 Å². The quantitative estimate of drug-likeness (QED) is 0.591. The van der Waals surface area contributed by atoms with Crippen molar-refractivity contribution in [3.8, 4) is 5.75 Å². The zero-order valence-corrected chi connectivity index (χ0v) is 16.7. The minimum absolute atomic E-state index is 0.0380. The largest absolute Gasteiger partial charge is 0.489 e. The summed E-state index contributed by atoms with van der Waals surface area (Å²) in [4.78, 5) is 8.50. The van der Waals surface area contributed by atoms with Crippen molar-refractivity contribution in [2.45, 2.75) is 45.8 Å². The molecule has 6 nitrogen and oxygen atoms in total. The third kappa shape index (κ3) is 6.26. The molecule has 1 atom stereocenters. The summed E-state index contributed by atoms with van der Waals surface area (Å²) >= 11 is 5.88. The van der Waals surface area contributed by atoms with Gasteiger partial charge in [-0.1, -0.05) is 32.4 Å². The number of nitrogens with one attached hydrogen (secondary N) is 2. The van der Waals surface area contributed by atoms with Crippen LogP contribution in [0.5, 0.6) is 5.75 Å². The van der Waals surface area contributed by atoms with E-state index in [4.69, 9.17) is 20.8 Å². The fourth-order valence-corrected chi connectivity index (χ4v) is 2.27. The Morgan fingerprint density at radius 3 is 2.54 bits per heavy atom. The average Bonchev–Trinajstić information content (AvgIpc) is 3.06. The van der Waals surface area contributed by atoms with E-state index in [2.05, 4.69) is 41.4 Å². The van der Waals surface area contributed by atoms with Crippen LogP contribution < -0.4 is 15.4 Å². The summed E-state index contributed by atoms with van der Waals surface area (Å²) < 4.78 is 11.6. The third-order valence-electron chi connectivity index (χ3n) is 3.63. The normalized spacial score (nSPS) is 13.4. The Morgan fingerprint density at radius 1 is 1.27 bits per heavy atom. The zero-order chi connectivity index (χ0) is 19.2. The topological polar surface area (TPSA) is 71.7 Å². The lowest BCUT2D eigenvalue weighted by Gasteiger charge is -2.17. The van der Waals surface area contributed by atoms with Gasteiger partial charge in [-0.25, -0.2) is 4.98 Å². The number of rotatable bonds is 6. The van der Waals surface area contributed by atoms with Gasteiger partial charge >= 0.3 is 0 Å². The second-order valence-corrected chi connectivity index (χ2v) is 7.49. The van der Waals surface area contributed by atoms with Crippen LogP contribution >= 0.6 is 11.6 Å². The standard InChI is InChI=1S/C19H27ClN4O2/c1-13(25-15-8-6-14(20)7-9-15)10-23-18(21-5)24-12-17-22-11-16(26-17)19(2,3)4/h6-9,11,13H,10,12H2,1-5H3,(H2,21,23,24).